The van der Waals surface area contributed by atoms with Gasteiger partial charge in [-0.05, 0) is 30.3 Å². The molecule has 0 unspecified atom stereocenters. The van der Waals surface area contributed by atoms with E-state index in [9.17, 15) is 5.11 Å². The molecule has 6 heteroatoms. The van der Waals surface area contributed by atoms with Crippen LogP contribution in [0.4, 0.5) is 11.5 Å². The predicted molar refractivity (Wildman–Crippen MR) is 86.8 cm³/mol. The summed E-state index contributed by atoms with van der Waals surface area (Å²) < 4.78 is 0. The number of anilines is 2. The highest BCUT2D eigenvalue weighted by Crippen LogP contribution is 2.28. The average Bonchev–Trinajstić information content (AvgIpc) is 2.48. The van der Waals surface area contributed by atoms with Crippen molar-refractivity contribution in [1.29, 1.82) is 0 Å². The van der Waals surface area contributed by atoms with Gasteiger partial charge in [-0.1, -0.05) is 23.2 Å². The van der Waals surface area contributed by atoms with Crippen molar-refractivity contribution in [3.8, 4) is 5.75 Å². The van der Waals surface area contributed by atoms with Crippen molar-refractivity contribution in [3.05, 3.63) is 46.6 Å². The van der Waals surface area contributed by atoms with Crippen molar-refractivity contribution in [1.82, 2.24) is 4.98 Å². The van der Waals surface area contributed by atoms with E-state index in [-0.39, 0.29) is 5.75 Å². The van der Waals surface area contributed by atoms with Crippen LogP contribution in [0.3, 0.4) is 0 Å². The molecular formula is C15H15Cl2N3O. The number of halogens is 2. The number of hydrogen-bond donors (Lipinski definition) is 1. The van der Waals surface area contributed by atoms with Crippen LogP contribution in [-0.4, -0.2) is 36.3 Å². The van der Waals surface area contributed by atoms with E-state index in [1.54, 1.807) is 24.4 Å². The quantitative estimate of drug-likeness (QED) is 0.919. The molecule has 21 heavy (non-hydrogen) atoms. The maximum atomic E-state index is 9.34. The highest BCUT2D eigenvalue weighted by Gasteiger charge is 2.20. The van der Waals surface area contributed by atoms with Crippen LogP contribution in [-0.2, 0) is 0 Å². The van der Waals surface area contributed by atoms with E-state index in [1.165, 1.54) is 0 Å². The molecule has 1 aliphatic rings. The summed E-state index contributed by atoms with van der Waals surface area (Å²) in [4.78, 5) is 8.76. The van der Waals surface area contributed by atoms with Gasteiger partial charge < -0.3 is 14.9 Å². The number of hydrogen-bond acceptors (Lipinski definition) is 4. The Labute approximate surface area is 133 Å². The van der Waals surface area contributed by atoms with E-state index < -0.39 is 0 Å². The molecule has 110 valence electrons. The molecule has 1 N–H and O–H groups in total. The van der Waals surface area contributed by atoms with Crippen LogP contribution < -0.4 is 9.80 Å². The summed E-state index contributed by atoms with van der Waals surface area (Å²) in [6.07, 6.45) is 1.62. The summed E-state index contributed by atoms with van der Waals surface area (Å²) in [5.74, 6) is 1.07. The van der Waals surface area contributed by atoms with Crippen LogP contribution in [0.25, 0.3) is 0 Å². The smallest absolute Gasteiger partial charge is 0.147 e. The van der Waals surface area contributed by atoms with Crippen molar-refractivity contribution in [3.63, 3.8) is 0 Å². The summed E-state index contributed by atoms with van der Waals surface area (Å²) in [6, 6.07) is 8.99. The van der Waals surface area contributed by atoms with E-state index in [2.05, 4.69) is 14.8 Å². The molecule has 0 atom stereocenters. The van der Waals surface area contributed by atoms with Gasteiger partial charge in [-0.15, -0.1) is 0 Å². The molecule has 0 saturated carbocycles. The van der Waals surface area contributed by atoms with Crippen LogP contribution >= 0.6 is 23.2 Å². The molecule has 3 rings (SSSR count). The number of piperazine rings is 1. The van der Waals surface area contributed by atoms with Crippen molar-refractivity contribution in [2.75, 3.05) is 36.0 Å². The lowest BCUT2D eigenvalue weighted by Gasteiger charge is -2.37. The Morgan fingerprint density at radius 3 is 2.19 bits per heavy atom. The molecule has 0 aliphatic carbocycles. The second-order valence-electron chi connectivity index (χ2n) is 4.95. The van der Waals surface area contributed by atoms with Gasteiger partial charge in [0, 0.05) is 38.1 Å². The van der Waals surface area contributed by atoms with Gasteiger partial charge in [-0.25, -0.2) is 4.98 Å². The Kier molecular flexibility index (Phi) is 4.08. The lowest BCUT2D eigenvalue weighted by molar-refractivity contribution is 0.475. The summed E-state index contributed by atoms with van der Waals surface area (Å²) in [7, 11) is 0. The number of aromatic hydroxyl groups is 1. The Balaban J connectivity index is 1.68. The molecule has 0 bridgehead atoms. The third-order valence-electron chi connectivity index (χ3n) is 3.58. The first-order valence-electron chi connectivity index (χ1n) is 6.73. The average molecular weight is 324 g/mol. The molecule has 0 radical (unpaired) electrons. The number of benzene rings is 1. The number of rotatable bonds is 2. The first kappa shape index (κ1) is 14.3. The number of pyridine rings is 1. The van der Waals surface area contributed by atoms with Gasteiger partial charge in [0.15, 0.2) is 0 Å². The van der Waals surface area contributed by atoms with Gasteiger partial charge >= 0.3 is 0 Å². The SMILES string of the molecule is Oc1ccc(N2CCN(c3ncc(Cl)cc3Cl)CC2)cc1. The first-order chi connectivity index (χ1) is 10.1. The Hall–Kier alpha value is -1.65. The zero-order valence-corrected chi connectivity index (χ0v) is 12.8. The number of phenolic OH excluding ortho intramolecular Hbond substituents is 1. The van der Waals surface area contributed by atoms with E-state index in [0.717, 1.165) is 37.7 Å². The van der Waals surface area contributed by atoms with Gasteiger partial charge in [0.1, 0.15) is 11.6 Å². The van der Waals surface area contributed by atoms with E-state index in [4.69, 9.17) is 23.2 Å². The van der Waals surface area contributed by atoms with Gasteiger partial charge in [0.05, 0.1) is 10.0 Å². The molecule has 1 aliphatic heterocycles. The fourth-order valence-corrected chi connectivity index (χ4v) is 2.98. The normalized spacial score (nSPS) is 15.3. The van der Waals surface area contributed by atoms with E-state index in [1.807, 2.05) is 12.1 Å². The third-order valence-corrected chi connectivity index (χ3v) is 4.07. The lowest BCUT2D eigenvalue weighted by Crippen LogP contribution is -2.46. The fraction of sp³-hybridized carbons (Fsp3) is 0.267. The first-order valence-corrected chi connectivity index (χ1v) is 7.49. The standard InChI is InChI=1S/C15H15Cl2N3O/c16-11-9-14(17)15(18-10-11)20-7-5-19(6-8-20)12-1-3-13(21)4-2-12/h1-4,9-10,21H,5-8H2. The van der Waals surface area contributed by atoms with Gasteiger partial charge in [0.2, 0.25) is 0 Å². The van der Waals surface area contributed by atoms with E-state index in [0.29, 0.717) is 10.0 Å². The van der Waals surface area contributed by atoms with Gasteiger partial charge in [-0.2, -0.15) is 0 Å². The molecule has 0 amide bonds. The third kappa shape index (κ3) is 3.17. The van der Waals surface area contributed by atoms with Crippen LogP contribution in [0.1, 0.15) is 0 Å². The highest BCUT2D eigenvalue weighted by molar-refractivity contribution is 6.36. The van der Waals surface area contributed by atoms with Crippen LogP contribution in [0.5, 0.6) is 5.75 Å². The molecule has 1 aromatic carbocycles. The van der Waals surface area contributed by atoms with Gasteiger partial charge in [-0.3, -0.25) is 0 Å². The van der Waals surface area contributed by atoms with Crippen LogP contribution in [0, 0.1) is 0 Å². The maximum absolute atomic E-state index is 9.34. The van der Waals surface area contributed by atoms with Crippen LogP contribution in [0.15, 0.2) is 36.5 Å². The zero-order chi connectivity index (χ0) is 14.8. The minimum Gasteiger partial charge on any atom is -0.508 e. The monoisotopic (exact) mass is 323 g/mol. The molecular weight excluding hydrogens is 309 g/mol. The van der Waals surface area contributed by atoms with Crippen molar-refractivity contribution in [2.24, 2.45) is 0 Å². The second-order valence-corrected chi connectivity index (χ2v) is 5.79. The van der Waals surface area contributed by atoms with Crippen LogP contribution in [0.2, 0.25) is 10.0 Å². The molecule has 2 heterocycles. The lowest BCUT2D eigenvalue weighted by atomic mass is 10.2. The largest absolute Gasteiger partial charge is 0.508 e. The molecule has 1 fully saturated rings. The Morgan fingerprint density at radius 1 is 0.952 bits per heavy atom. The maximum Gasteiger partial charge on any atom is 0.147 e. The molecule has 0 spiro atoms. The van der Waals surface area contributed by atoms with Crippen molar-refractivity contribution in [2.45, 2.75) is 0 Å². The summed E-state index contributed by atoms with van der Waals surface area (Å²) in [6.45, 7) is 3.45. The van der Waals surface area contributed by atoms with E-state index >= 15 is 0 Å². The summed E-state index contributed by atoms with van der Waals surface area (Å²) in [5, 5.41) is 10.5. The minimum atomic E-state index is 0.287. The number of aromatic nitrogens is 1. The van der Waals surface area contributed by atoms with Gasteiger partial charge in [0.25, 0.3) is 0 Å². The Bertz CT molecular complexity index is 625. The topological polar surface area (TPSA) is 39.6 Å². The fourth-order valence-electron chi connectivity index (χ4n) is 2.48. The molecule has 2 aromatic rings. The second kappa shape index (κ2) is 6.00. The molecule has 1 aromatic heterocycles. The summed E-state index contributed by atoms with van der Waals surface area (Å²) >= 11 is 12.1. The Morgan fingerprint density at radius 2 is 1.57 bits per heavy atom. The predicted octanol–water partition coefficient (Wildman–Crippen LogP) is 3.42. The molecule has 4 nitrogen and oxygen atoms in total. The number of phenols is 1. The minimum absolute atomic E-state index is 0.287. The molecule has 1 saturated heterocycles. The zero-order valence-electron chi connectivity index (χ0n) is 11.3. The van der Waals surface area contributed by atoms with Crippen molar-refractivity contribution < 1.29 is 5.11 Å². The highest BCUT2D eigenvalue weighted by atomic mass is 35.5. The van der Waals surface area contributed by atoms with Crippen molar-refractivity contribution >= 4 is 34.7 Å². The summed E-state index contributed by atoms with van der Waals surface area (Å²) in [5.41, 5.74) is 1.11. The number of nitrogens with zero attached hydrogens (tertiary/aromatic N) is 3.